The lowest BCUT2D eigenvalue weighted by atomic mass is 10.0. The molecule has 0 unspecified atom stereocenters. The smallest absolute Gasteiger partial charge is 0.174 e. The van der Waals surface area contributed by atoms with E-state index in [1.807, 2.05) is 24.8 Å². The average molecular weight is 249 g/mol. The Morgan fingerprint density at radius 1 is 1.35 bits per heavy atom. The van der Waals surface area contributed by atoms with Gasteiger partial charge in [-0.05, 0) is 31.4 Å². The first kappa shape index (κ1) is 12.6. The van der Waals surface area contributed by atoms with Crippen molar-refractivity contribution in [3.63, 3.8) is 0 Å². The molecule has 92 valence electrons. The number of Topliss-reactive ketones (excluding diaryl/α,β-unsaturated/α-hetero) is 1. The summed E-state index contributed by atoms with van der Waals surface area (Å²) >= 11 is 1.83. The minimum atomic E-state index is 0.219. The molecule has 1 saturated carbocycles. The van der Waals surface area contributed by atoms with Gasteiger partial charge >= 0.3 is 0 Å². The van der Waals surface area contributed by atoms with Gasteiger partial charge in [0.05, 0.1) is 5.75 Å². The number of thioether (sulfide) groups is 1. The van der Waals surface area contributed by atoms with Crippen molar-refractivity contribution in [2.45, 2.75) is 44.3 Å². The third-order valence-corrected chi connectivity index (χ3v) is 4.57. The summed E-state index contributed by atoms with van der Waals surface area (Å²) in [6.07, 6.45) is 10.1. The van der Waals surface area contributed by atoms with Crippen molar-refractivity contribution < 1.29 is 4.79 Å². The molecule has 0 atom stereocenters. The Kier molecular flexibility index (Phi) is 4.60. The summed E-state index contributed by atoms with van der Waals surface area (Å²) in [6, 6.07) is 1.93. The molecule has 1 aromatic heterocycles. The van der Waals surface area contributed by atoms with Gasteiger partial charge in [0.1, 0.15) is 0 Å². The van der Waals surface area contributed by atoms with Gasteiger partial charge in [-0.3, -0.25) is 9.78 Å². The van der Waals surface area contributed by atoms with Crippen LogP contribution in [0.4, 0.5) is 0 Å². The predicted octanol–water partition coefficient (Wildman–Crippen LogP) is 3.64. The van der Waals surface area contributed by atoms with Crippen molar-refractivity contribution in [3.8, 4) is 0 Å². The molecule has 0 radical (unpaired) electrons. The Morgan fingerprint density at radius 3 is 2.82 bits per heavy atom. The molecule has 0 N–H and O–H groups in total. The zero-order chi connectivity index (χ0) is 12.1. The first-order valence-corrected chi connectivity index (χ1v) is 7.37. The predicted molar refractivity (Wildman–Crippen MR) is 72.6 cm³/mol. The van der Waals surface area contributed by atoms with Crippen LogP contribution < -0.4 is 0 Å². The van der Waals surface area contributed by atoms with E-state index in [0.29, 0.717) is 11.0 Å². The fraction of sp³-hybridized carbons (Fsp3) is 0.571. The average Bonchev–Trinajstić information content (AvgIpc) is 2.37. The highest BCUT2D eigenvalue weighted by atomic mass is 32.2. The first-order chi connectivity index (χ1) is 8.25. The van der Waals surface area contributed by atoms with Crippen LogP contribution in [-0.4, -0.2) is 21.8 Å². The van der Waals surface area contributed by atoms with E-state index in [1.165, 1.54) is 32.1 Å². The summed E-state index contributed by atoms with van der Waals surface area (Å²) in [7, 11) is 0. The van der Waals surface area contributed by atoms with E-state index in [1.54, 1.807) is 12.4 Å². The molecule has 1 heterocycles. The number of nitrogens with zero attached hydrogens (tertiary/aromatic N) is 1. The number of rotatable bonds is 4. The van der Waals surface area contributed by atoms with Crippen LogP contribution in [0.25, 0.3) is 0 Å². The number of hydrogen-bond donors (Lipinski definition) is 0. The molecular weight excluding hydrogens is 230 g/mol. The molecule has 0 aliphatic heterocycles. The molecular formula is C14H19NOS. The van der Waals surface area contributed by atoms with E-state index < -0.39 is 0 Å². The van der Waals surface area contributed by atoms with Crippen molar-refractivity contribution in [1.29, 1.82) is 0 Å². The van der Waals surface area contributed by atoms with E-state index in [4.69, 9.17) is 0 Å². The monoisotopic (exact) mass is 249 g/mol. The summed E-state index contributed by atoms with van der Waals surface area (Å²) in [6.45, 7) is 1.97. The summed E-state index contributed by atoms with van der Waals surface area (Å²) in [4.78, 5) is 16.0. The number of hydrogen-bond acceptors (Lipinski definition) is 3. The molecule has 3 heteroatoms. The standard InChI is InChI=1S/C14H19NOS/c1-11-7-12(9-15-8-11)14(16)10-17-13-5-3-2-4-6-13/h7-9,13H,2-6,10H2,1H3. The minimum Gasteiger partial charge on any atom is -0.293 e. The van der Waals surface area contributed by atoms with Gasteiger partial charge in [0.25, 0.3) is 0 Å². The number of pyridine rings is 1. The molecule has 0 amide bonds. The molecule has 2 nitrogen and oxygen atoms in total. The van der Waals surface area contributed by atoms with E-state index in [0.717, 1.165) is 11.1 Å². The van der Waals surface area contributed by atoms with Crippen LogP contribution in [-0.2, 0) is 0 Å². The number of carbonyl (C=O) groups excluding carboxylic acids is 1. The number of ketones is 1. The fourth-order valence-corrected chi connectivity index (χ4v) is 3.44. The van der Waals surface area contributed by atoms with Crippen LogP contribution in [0.1, 0.15) is 48.0 Å². The van der Waals surface area contributed by atoms with Gasteiger partial charge < -0.3 is 0 Å². The maximum absolute atomic E-state index is 12.0. The Morgan fingerprint density at radius 2 is 2.12 bits per heavy atom. The van der Waals surface area contributed by atoms with Crippen molar-refractivity contribution in [2.75, 3.05) is 5.75 Å². The molecule has 0 bridgehead atoms. The number of aryl methyl sites for hydroxylation is 1. The second-order valence-corrected chi connectivity index (χ2v) is 6.03. The van der Waals surface area contributed by atoms with Gasteiger partial charge in [-0.1, -0.05) is 19.3 Å². The van der Waals surface area contributed by atoms with Crippen LogP contribution in [0.3, 0.4) is 0 Å². The fourth-order valence-electron chi connectivity index (χ4n) is 2.22. The lowest BCUT2D eigenvalue weighted by Crippen LogP contribution is -2.12. The van der Waals surface area contributed by atoms with E-state index in [2.05, 4.69) is 4.98 Å². The van der Waals surface area contributed by atoms with E-state index in [-0.39, 0.29) is 5.78 Å². The van der Waals surface area contributed by atoms with Gasteiger partial charge in [-0.2, -0.15) is 11.8 Å². The van der Waals surface area contributed by atoms with Crippen LogP contribution in [0.2, 0.25) is 0 Å². The van der Waals surface area contributed by atoms with E-state index >= 15 is 0 Å². The maximum Gasteiger partial charge on any atom is 0.174 e. The second-order valence-electron chi connectivity index (χ2n) is 4.75. The Bertz CT molecular complexity index is 386. The zero-order valence-corrected chi connectivity index (χ0v) is 11.1. The summed E-state index contributed by atoms with van der Waals surface area (Å²) in [5.41, 5.74) is 1.81. The SMILES string of the molecule is Cc1cncc(C(=O)CSC2CCCCC2)c1. The second kappa shape index (κ2) is 6.20. The molecule has 1 aromatic rings. The van der Waals surface area contributed by atoms with E-state index in [9.17, 15) is 4.79 Å². The van der Waals surface area contributed by atoms with Gasteiger partial charge in [-0.25, -0.2) is 0 Å². The van der Waals surface area contributed by atoms with Crippen molar-refractivity contribution in [3.05, 3.63) is 29.6 Å². The molecule has 2 rings (SSSR count). The third kappa shape index (κ3) is 3.84. The molecule has 0 aromatic carbocycles. The number of aromatic nitrogens is 1. The molecule has 1 fully saturated rings. The molecule has 1 aliphatic rings. The van der Waals surface area contributed by atoms with Gasteiger partial charge in [0, 0.05) is 23.2 Å². The Labute approximate surface area is 107 Å². The normalized spacial score (nSPS) is 17.0. The molecule has 1 aliphatic carbocycles. The van der Waals surface area contributed by atoms with Crippen LogP contribution >= 0.6 is 11.8 Å². The van der Waals surface area contributed by atoms with Crippen LogP contribution in [0.5, 0.6) is 0 Å². The van der Waals surface area contributed by atoms with Gasteiger partial charge in [-0.15, -0.1) is 0 Å². The van der Waals surface area contributed by atoms with Crippen LogP contribution in [0, 0.1) is 6.92 Å². The summed E-state index contributed by atoms with van der Waals surface area (Å²) in [5, 5.41) is 0.700. The molecule has 17 heavy (non-hydrogen) atoms. The third-order valence-electron chi connectivity index (χ3n) is 3.20. The van der Waals surface area contributed by atoms with Crippen molar-refractivity contribution in [1.82, 2.24) is 4.98 Å². The highest BCUT2D eigenvalue weighted by molar-refractivity contribution is 8.00. The van der Waals surface area contributed by atoms with Gasteiger partial charge in [0.15, 0.2) is 5.78 Å². The van der Waals surface area contributed by atoms with Crippen molar-refractivity contribution in [2.24, 2.45) is 0 Å². The quantitative estimate of drug-likeness (QED) is 0.763. The molecule has 0 spiro atoms. The highest BCUT2D eigenvalue weighted by Crippen LogP contribution is 2.28. The Hall–Kier alpha value is -0.830. The van der Waals surface area contributed by atoms with Crippen molar-refractivity contribution >= 4 is 17.5 Å². The zero-order valence-electron chi connectivity index (χ0n) is 10.3. The minimum absolute atomic E-state index is 0.219. The Balaban J connectivity index is 1.84. The lowest BCUT2D eigenvalue weighted by molar-refractivity contribution is 0.102. The largest absolute Gasteiger partial charge is 0.293 e. The van der Waals surface area contributed by atoms with Gasteiger partial charge in [0.2, 0.25) is 0 Å². The highest BCUT2D eigenvalue weighted by Gasteiger charge is 2.16. The maximum atomic E-state index is 12.0. The molecule has 0 saturated heterocycles. The lowest BCUT2D eigenvalue weighted by Gasteiger charge is -2.20. The summed E-state index contributed by atoms with van der Waals surface area (Å²) in [5.74, 6) is 0.826. The first-order valence-electron chi connectivity index (χ1n) is 6.32. The van der Waals surface area contributed by atoms with Crippen LogP contribution in [0.15, 0.2) is 18.5 Å². The topological polar surface area (TPSA) is 30.0 Å². The summed E-state index contributed by atoms with van der Waals surface area (Å²) < 4.78 is 0. The number of carbonyl (C=O) groups is 1.